The topological polar surface area (TPSA) is 21.7 Å². The second-order valence-corrected chi connectivity index (χ2v) is 2.49. The van der Waals surface area contributed by atoms with Crippen molar-refractivity contribution in [2.45, 2.75) is 26.0 Å². The van der Waals surface area contributed by atoms with Crippen LogP contribution in [0.3, 0.4) is 0 Å². The highest BCUT2D eigenvalue weighted by Crippen LogP contribution is 2.12. The monoisotopic (exact) mass is 145 g/mol. The van der Waals surface area contributed by atoms with Crippen LogP contribution in [0.15, 0.2) is 0 Å². The number of ether oxygens (including phenoxy) is 1. The summed E-state index contributed by atoms with van der Waals surface area (Å²) in [5.74, 6) is 0. The molecule has 0 aromatic carbocycles. The Morgan fingerprint density at radius 2 is 2.50 bits per heavy atom. The molecule has 0 aliphatic carbocycles. The van der Waals surface area contributed by atoms with Crippen molar-refractivity contribution >= 4 is 0 Å². The maximum absolute atomic E-state index is 5.47. The van der Waals surface area contributed by atoms with Gasteiger partial charge in [-0.25, -0.2) is 0 Å². The van der Waals surface area contributed by atoms with Crippen LogP contribution < -0.4 is 0 Å². The molecule has 3 heteroatoms. The summed E-state index contributed by atoms with van der Waals surface area (Å²) in [5, 5.41) is 1.79. The van der Waals surface area contributed by atoms with Crippen molar-refractivity contribution in [2.24, 2.45) is 0 Å². The molecule has 1 rings (SSSR count). The SMILES string of the molecule is CCCOC1CCON1C. The Labute approximate surface area is 61.9 Å². The molecule has 0 bridgehead atoms. The summed E-state index contributed by atoms with van der Waals surface area (Å²) < 4.78 is 5.47. The Hall–Kier alpha value is -0.120. The summed E-state index contributed by atoms with van der Waals surface area (Å²) in [6.45, 7) is 3.74. The zero-order valence-electron chi connectivity index (χ0n) is 6.67. The van der Waals surface area contributed by atoms with Crippen molar-refractivity contribution in [1.29, 1.82) is 0 Å². The van der Waals surface area contributed by atoms with E-state index < -0.39 is 0 Å². The minimum absolute atomic E-state index is 0.194. The van der Waals surface area contributed by atoms with Gasteiger partial charge in [0.2, 0.25) is 0 Å². The first kappa shape index (κ1) is 7.98. The van der Waals surface area contributed by atoms with E-state index in [1.54, 1.807) is 5.06 Å². The number of hydroxylamine groups is 2. The maximum Gasteiger partial charge on any atom is 0.135 e. The van der Waals surface area contributed by atoms with Gasteiger partial charge in [0.25, 0.3) is 0 Å². The Bertz CT molecular complexity index is 97.6. The van der Waals surface area contributed by atoms with E-state index in [4.69, 9.17) is 9.57 Å². The van der Waals surface area contributed by atoms with Gasteiger partial charge >= 0.3 is 0 Å². The highest BCUT2D eigenvalue weighted by molar-refractivity contribution is 4.56. The second-order valence-electron chi connectivity index (χ2n) is 2.49. The van der Waals surface area contributed by atoms with Crippen LogP contribution in [0.2, 0.25) is 0 Å². The third-order valence-electron chi connectivity index (χ3n) is 1.58. The lowest BCUT2D eigenvalue weighted by Gasteiger charge is -2.16. The summed E-state index contributed by atoms with van der Waals surface area (Å²) in [5.41, 5.74) is 0. The Kier molecular flexibility index (Phi) is 3.12. The molecule has 3 nitrogen and oxygen atoms in total. The summed E-state index contributed by atoms with van der Waals surface area (Å²) >= 11 is 0. The molecule has 1 heterocycles. The van der Waals surface area contributed by atoms with Crippen LogP contribution in [-0.2, 0) is 9.57 Å². The minimum Gasteiger partial charge on any atom is -0.361 e. The highest BCUT2D eigenvalue weighted by atomic mass is 16.7. The predicted molar refractivity (Wildman–Crippen MR) is 38.4 cm³/mol. The first-order valence-electron chi connectivity index (χ1n) is 3.82. The molecule has 0 amide bonds. The van der Waals surface area contributed by atoms with Gasteiger partial charge in [-0.2, -0.15) is 5.06 Å². The summed E-state index contributed by atoms with van der Waals surface area (Å²) in [6.07, 6.45) is 2.26. The normalized spacial score (nSPS) is 27.6. The molecule has 0 spiro atoms. The number of hydrogen-bond donors (Lipinski definition) is 0. The van der Waals surface area contributed by atoms with Gasteiger partial charge in [0.1, 0.15) is 6.23 Å². The zero-order valence-corrected chi connectivity index (χ0v) is 6.67. The van der Waals surface area contributed by atoms with Crippen molar-refractivity contribution in [1.82, 2.24) is 5.06 Å². The van der Waals surface area contributed by atoms with Gasteiger partial charge in [-0.05, 0) is 6.42 Å². The first-order chi connectivity index (χ1) is 4.84. The van der Waals surface area contributed by atoms with E-state index in [1.807, 2.05) is 7.05 Å². The van der Waals surface area contributed by atoms with Gasteiger partial charge in [0.05, 0.1) is 6.61 Å². The van der Waals surface area contributed by atoms with Crippen molar-refractivity contribution < 1.29 is 9.57 Å². The van der Waals surface area contributed by atoms with Crippen LogP contribution in [0.5, 0.6) is 0 Å². The van der Waals surface area contributed by atoms with E-state index in [-0.39, 0.29) is 6.23 Å². The van der Waals surface area contributed by atoms with Crippen LogP contribution in [0.25, 0.3) is 0 Å². The van der Waals surface area contributed by atoms with Crippen LogP contribution in [0.1, 0.15) is 19.8 Å². The molecule has 0 saturated carbocycles. The Morgan fingerprint density at radius 3 is 3.00 bits per heavy atom. The third kappa shape index (κ3) is 1.94. The maximum atomic E-state index is 5.47. The summed E-state index contributed by atoms with van der Waals surface area (Å²) in [7, 11) is 1.91. The summed E-state index contributed by atoms with van der Waals surface area (Å²) in [4.78, 5) is 5.17. The molecule has 0 aromatic rings. The van der Waals surface area contributed by atoms with Gasteiger partial charge in [0.15, 0.2) is 0 Å². The average molecular weight is 145 g/mol. The standard InChI is InChI=1S/C7H15NO2/c1-3-5-9-7-4-6-10-8(7)2/h7H,3-6H2,1-2H3. The third-order valence-corrected chi connectivity index (χ3v) is 1.58. The minimum atomic E-state index is 0.194. The van der Waals surface area contributed by atoms with Gasteiger partial charge in [-0.3, -0.25) is 4.84 Å². The van der Waals surface area contributed by atoms with E-state index in [0.29, 0.717) is 0 Å². The molecule has 1 fully saturated rings. The first-order valence-corrected chi connectivity index (χ1v) is 3.82. The lowest BCUT2D eigenvalue weighted by molar-refractivity contribution is -0.179. The Balaban J connectivity index is 2.14. The lowest BCUT2D eigenvalue weighted by Crippen LogP contribution is -2.26. The molecule has 0 aromatic heterocycles. The van der Waals surface area contributed by atoms with Crippen molar-refractivity contribution in [2.75, 3.05) is 20.3 Å². The summed E-state index contributed by atoms with van der Waals surface area (Å²) in [6, 6.07) is 0. The van der Waals surface area contributed by atoms with E-state index in [9.17, 15) is 0 Å². The van der Waals surface area contributed by atoms with Crippen LogP contribution in [0, 0.1) is 0 Å². The fourth-order valence-electron chi connectivity index (χ4n) is 1.00. The molecule has 1 unspecified atom stereocenters. The fraction of sp³-hybridized carbons (Fsp3) is 1.00. The fourth-order valence-corrected chi connectivity index (χ4v) is 1.00. The van der Waals surface area contributed by atoms with Crippen LogP contribution in [0.4, 0.5) is 0 Å². The molecule has 0 N–H and O–H groups in total. The quantitative estimate of drug-likeness (QED) is 0.591. The van der Waals surface area contributed by atoms with Crippen molar-refractivity contribution in [3.05, 3.63) is 0 Å². The van der Waals surface area contributed by atoms with Gasteiger partial charge in [-0.1, -0.05) is 6.92 Å². The van der Waals surface area contributed by atoms with Gasteiger partial charge in [0, 0.05) is 20.1 Å². The largest absolute Gasteiger partial charge is 0.361 e. The second kappa shape index (κ2) is 3.91. The molecule has 0 radical (unpaired) electrons. The molecule has 10 heavy (non-hydrogen) atoms. The van der Waals surface area contributed by atoms with E-state index in [0.717, 1.165) is 26.1 Å². The van der Waals surface area contributed by atoms with E-state index in [1.165, 1.54) is 0 Å². The van der Waals surface area contributed by atoms with E-state index in [2.05, 4.69) is 6.92 Å². The zero-order chi connectivity index (χ0) is 7.40. The van der Waals surface area contributed by atoms with Gasteiger partial charge in [-0.15, -0.1) is 0 Å². The molecule has 60 valence electrons. The lowest BCUT2D eigenvalue weighted by atomic mass is 10.4. The molecule has 1 saturated heterocycles. The molecule has 1 aliphatic rings. The van der Waals surface area contributed by atoms with Crippen LogP contribution in [-0.4, -0.2) is 31.6 Å². The number of hydrogen-bond acceptors (Lipinski definition) is 3. The predicted octanol–water partition coefficient (Wildman–Crippen LogP) is 1.01. The average Bonchev–Trinajstić information content (AvgIpc) is 2.31. The smallest absolute Gasteiger partial charge is 0.135 e. The number of rotatable bonds is 3. The molecular weight excluding hydrogens is 130 g/mol. The Morgan fingerprint density at radius 1 is 1.70 bits per heavy atom. The molecule has 1 aliphatic heterocycles. The van der Waals surface area contributed by atoms with Crippen LogP contribution >= 0.6 is 0 Å². The molecular formula is C7H15NO2. The van der Waals surface area contributed by atoms with Gasteiger partial charge < -0.3 is 4.74 Å². The highest BCUT2D eigenvalue weighted by Gasteiger charge is 2.21. The van der Waals surface area contributed by atoms with Crippen molar-refractivity contribution in [3.8, 4) is 0 Å². The number of nitrogens with zero attached hydrogens (tertiary/aromatic N) is 1. The molecule has 1 atom stereocenters. The van der Waals surface area contributed by atoms with E-state index >= 15 is 0 Å². The van der Waals surface area contributed by atoms with Crippen molar-refractivity contribution in [3.63, 3.8) is 0 Å².